The third-order valence-corrected chi connectivity index (χ3v) is 4.89. The highest BCUT2D eigenvalue weighted by Gasteiger charge is 2.31. The summed E-state index contributed by atoms with van der Waals surface area (Å²) in [5.74, 6) is 0.677. The number of Topliss-reactive ketones (excluding diaryl/α,β-unsaturated/α-hetero) is 1. The Morgan fingerprint density at radius 1 is 1.28 bits per heavy atom. The van der Waals surface area contributed by atoms with Gasteiger partial charge < -0.3 is 23.7 Å². The van der Waals surface area contributed by atoms with E-state index in [9.17, 15) is 9.59 Å². The maximum Gasteiger partial charge on any atom is 0.337 e. The predicted octanol–water partition coefficient (Wildman–Crippen LogP) is 3.79. The number of esters is 1. The Hall–Kier alpha value is -2.68. The number of aryl methyl sites for hydroxylation is 1. The molecule has 150 valence electrons. The van der Waals surface area contributed by atoms with Gasteiger partial charge in [0, 0.05) is 28.8 Å². The van der Waals surface area contributed by atoms with Gasteiger partial charge in [-0.1, -0.05) is 15.9 Å². The Labute approximate surface area is 175 Å². The van der Waals surface area contributed by atoms with Crippen LogP contribution in [0, 0.1) is 6.92 Å². The van der Waals surface area contributed by atoms with Gasteiger partial charge in [-0.05, 0) is 36.8 Å². The van der Waals surface area contributed by atoms with E-state index in [1.165, 1.54) is 13.2 Å². The molecule has 0 saturated heterocycles. The quantitative estimate of drug-likeness (QED) is 0.390. The van der Waals surface area contributed by atoms with Gasteiger partial charge in [-0.25, -0.2) is 4.79 Å². The number of carbonyl (C=O) groups excluding carboxylic acids is 2. The first-order valence-corrected chi connectivity index (χ1v) is 9.57. The zero-order valence-corrected chi connectivity index (χ0v) is 17.3. The van der Waals surface area contributed by atoms with Gasteiger partial charge in [0.15, 0.2) is 12.6 Å². The van der Waals surface area contributed by atoms with Crippen LogP contribution in [-0.4, -0.2) is 32.3 Å². The monoisotopic (exact) mass is 460 g/mol. The smallest absolute Gasteiger partial charge is 0.337 e. The Kier molecular flexibility index (Phi) is 5.40. The number of rotatable bonds is 4. The van der Waals surface area contributed by atoms with Crippen LogP contribution in [0.5, 0.6) is 17.2 Å². The molecule has 0 aliphatic carbocycles. The summed E-state index contributed by atoms with van der Waals surface area (Å²) in [4.78, 5) is 24.6. The van der Waals surface area contributed by atoms with E-state index in [0.717, 1.165) is 10.0 Å². The Bertz CT molecular complexity index is 1040. The van der Waals surface area contributed by atoms with E-state index in [0.29, 0.717) is 34.8 Å². The zero-order valence-electron chi connectivity index (χ0n) is 15.7. The summed E-state index contributed by atoms with van der Waals surface area (Å²) in [6, 6.07) is 6.91. The fraction of sp³-hybridized carbons (Fsp3) is 0.238. The van der Waals surface area contributed by atoms with Crippen LogP contribution in [0.3, 0.4) is 0 Å². The first kappa shape index (κ1) is 19.6. The minimum atomic E-state index is -0.535. The van der Waals surface area contributed by atoms with Crippen molar-refractivity contribution in [1.82, 2.24) is 0 Å². The van der Waals surface area contributed by atoms with Crippen LogP contribution in [0.15, 0.2) is 34.5 Å². The molecule has 0 unspecified atom stereocenters. The van der Waals surface area contributed by atoms with Crippen molar-refractivity contribution in [3.63, 3.8) is 0 Å². The average Bonchev–Trinajstić information content (AvgIpc) is 2.97. The number of ketones is 1. The molecule has 2 aliphatic rings. The third-order valence-electron chi connectivity index (χ3n) is 4.43. The molecule has 7 nitrogen and oxygen atoms in total. The van der Waals surface area contributed by atoms with E-state index < -0.39 is 5.97 Å². The van der Waals surface area contributed by atoms with Crippen LogP contribution < -0.4 is 14.2 Å². The van der Waals surface area contributed by atoms with Gasteiger partial charge in [-0.2, -0.15) is 0 Å². The molecule has 0 fully saturated rings. The fourth-order valence-electron chi connectivity index (χ4n) is 3.27. The SMILES string of the molecule is COCC(=O)Oc1cc(C)c2c(c1)O/C(=C\c1cc(Br)cc3c1OCOC3)C2=O. The number of hydrogen-bond donors (Lipinski definition) is 0. The van der Waals surface area contributed by atoms with E-state index in [1.54, 1.807) is 19.1 Å². The molecular weight excluding hydrogens is 444 g/mol. The maximum atomic E-state index is 12.9. The molecule has 0 bridgehead atoms. The molecule has 2 aromatic rings. The summed E-state index contributed by atoms with van der Waals surface area (Å²) >= 11 is 3.47. The average molecular weight is 461 g/mol. The molecule has 0 amide bonds. The number of fused-ring (bicyclic) bond motifs is 2. The maximum absolute atomic E-state index is 12.9. The molecule has 8 heteroatoms. The fourth-order valence-corrected chi connectivity index (χ4v) is 3.80. The summed E-state index contributed by atoms with van der Waals surface area (Å²) in [6.45, 7) is 2.17. The standard InChI is InChI=1S/C21H17BrO7/c1-11-3-15(28-18(23)9-25-2)7-16-19(11)20(24)17(29-16)6-12-4-14(22)5-13-8-26-10-27-21(12)13/h3-7H,8-10H2,1-2H3/b17-6-. The van der Waals surface area contributed by atoms with E-state index in [2.05, 4.69) is 15.9 Å². The molecular formula is C21H17BrO7. The number of halogens is 1. The van der Waals surface area contributed by atoms with Crippen molar-refractivity contribution in [2.45, 2.75) is 13.5 Å². The van der Waals surface area contributed by atoms with Crippen molar-refractivity contribution in [3.8, 4) is 17.2 Å². The van der Waals surface area contributed by atoms with Crippen molar-refractivity contribution in [2.24, 2.45) is 0 Å². The second-order valence-corrected chi connectivity index (χ2v) is 7.47. The van der Waals surface area contributed by atoms with Crippen molar-refractivity contribution in [1.29, 1.82) is 0 Å². The van der Waals surface area contributed by atoms with E-state index in [-0.39, 0.29) is 30.7 Å². The number of carbonyl (C=O) groups is 2. The predicted molar refractivity (Wildman–Crippen MR) is 106 cm³/mol. The molecule has 2 aromatic carbocycles. The van der Waals surface area contributed by atoms with Gasteiger partial charge in [0.05, 0.1) is 12.2 Å². The molecule has 0 N–H and O–H groups in total. The lowest BCUT2D eigenvalue weighted by Crippen LogP contribution is -2.14. The summed E-state index contributed by atoms with van der Waals surface area (Å²) < 4.78 is 27.6. The lowest BCUT2D eigenvalue weighted by atomic mass is 10.0. The summed E-state index contributed by atoms with van der Waals surface area (Å²) in [6.07, 6.45) is 1.65. The van der Waals surface area contributed by atoms with Crippen LogP contribution >= 0.6 is 15.9 Å². The van der Waals surface area contributed by atoms with Gasteiger partial charge in [0.2, 0.25) is 5.78 Å². The van der Waals surface area contributed by atoms with Crippen molar-refractivity contribution >= 4 is 33.8 Å². The molecule has 2 aliphatic heterocycles. The molecule has 29 heavy (non-hydrogen) atoms. The highest BCUT2D eigenvalue weighted by Crippen LogP contribution is 2.39. The van der Waals surface area contributed by atoms with Gasteiger partial charge >= 0.3 is 5.97 Å². The van der Waals surface area contributed by atoms with Gasteiger partial charge in [-0.15, -0.1) is 0 Å². The lowest BCUT2D eigenvalue weighted by Gasteiger charge is -2.20. The molecule has 0 spiro atoms. The van der Waals surface area contributed by atoms with Crippen LogP contribution in [0.2, 0.25) is 0 Å². The van der Waals surface area contributed by atoms with Crippen LogP contribution in [0.25, 0.3) is 6.08 Å². The van der Waals surface area contributed by atoms with Gasteiger partial charge in [-0.3, -0.25) is 4.79 Å². The normalized spacial score (nSPS) is 16.1. The van der Waals surface area contributed by atoms with Crippen LogP contribution in [-0.2, 0) is 20.9 Å². The van der Waals surface area contributed by atoms with Crippen LogP contribution in [0.1, 0.15) is 27.0 Å². The van der Waals surface area contributed by atoms with E-state index in [4.69, 9.17) is 23.7 Å². The highest BCUT2D eigenvalue weighted by molar-refractivity contribution is 9.10. The summed E-state index contributed by atoms with van der Waals surface area (Å²) in [5.41, 5.74) is 2.68. The second-order valence-electron chi connectivity index (χ2n) is 6.55. The molecule has 0 aromatic heterocycles. The summed E-state index contributed by atoms with van der Waals surface area (Å²) in [7, 11) is 1.41. The lowest BCUT2D eigenvalue weighted by molar-refractivity contribution is -0.138. The largest absolute Gasteiger partial charge is 0.467 e. The van der Waals surface area contributed by atoms with Crippen molar-refractivity contribution in [2.75, 3.05) is 20.5 Å². The topological polar surface area (TPSA) is 80.3 Å². The zero-order chi connectivity index (χ0) is 20.5. The molecule has 4 rings (SSSR count). The number of allylic oxidation sites excluding steroid dienone is 1. The Morgan fingerprint density at radius 3 is 2.90 bits per heavy atom. The molecule has 0 saturated carbocycles. The van der Waals surface area contributed by atoms with E-state index in [1.807, 2.05) is 12.1 Å². The highest BCUT2D eigenvalue weighted by atomic mass is 79.9. The van der Waals surface area contributed by atoms with Crippen molar-refractivity contribution in [3.05, 3.63) is 56.8 Å². The molecule has 0 radical (unpaired) electrons. The van der Waals surface area contributed by atoms with Crippen LogP contribution in [0.4, 0.5) is 0 Å². The first-order chi connectivity index (χ1) is 14.0. The molecule has 0 atom stereocenters. The Balaban J connectivity index is 1.68. The minimum absolute atomic E-state index is 0.148. The van der Waals surface area contributed by atoms with Gasteiger partial charge in [0.1, 0.15) is 23.9 Å². The minimum Gasteiger partial charge on any atom is -0.467 e. The third kappa shape index (κ3) is 3.91. The molecule has 2 heterocycles. The van der Waals surface area contributed by atoms with E-state index >= 15 is 0 Å². The number of benzene rings is 2. The summed E-state index contributed by atoms with van der Waals surface area (Å²) in [5, 5.41) is 0. The van der Waals surface area contributed by atoms with Gasteiger partial charge in [0.25, 0.3) is 0 Å². The first-order valence-electron chi connectivity index (χ1n) is 8.77. The van der Waals surface area contributed by atoms with Crippen molar-refractivity contribution < 1.29 is 33.3 Å². The Morgan fingerprint density at radius 2 is 2.10 bits per heavy atom. The number of ether oxygens (including phenoxy) is 5. The number of hydrogen-bond acceptors (Lipinski definition) is 7. The second kappa shape index (κ2) is 7.98. The number of methoxy groups -OCH3 is 1.